The molecular formula is C26H25N3O5S. The number of ether oxygens (including phenoxy) is 3. The molecule has 0 aliphatic rings. The normalized spacial score (nSPS) is 10.3. The molecule has 0 fully saturated rings. The van der Waals surface area contributed by atoms with Crippen molar-refractivity contribution in [2.45, 2.75) is 6.61 Å². The summed E-state index contributed by atoms with van der Waals surface area (Å²) in [6, 6.07) is 21.7. The van der Waals surface area contributed by atoms with E-state index in [4.69, 9.17) is 26.4 Å². The van der Waals surface area contributed by atoms with Crippen LogP contribution in [-0.4, -0.2) is 31.1 Å². The first-order chi connectivity index (χ1) is 17.0. The van der Waals surface area contributed by atoms with Gasteiger partial charge in [0.05, 0.1) is 14.2 Å². The van der Waals surface area contributed by atoms with Crippen molar-refractivity contribution >= 4 is 35.2 Å². The number of hydrazine groups is 1. The van der Waals surface area contributed by atoms with Gasteiger partial charge in [0, 0.05) is 11.6 Å². The predicted molar refractivity (Wildman–Crippen MR) is 137 cm³/mol. The van der Waals surface area contributed by atoms with E-state index in [0.717, 1.165) is 11.1 Å². The molecule has 0 unspecified atom stereocenters. The average molecular weight is 492 g/mol. The first-order valence-corrected chi connectivity index (χ1v) is 11.0. The standard InChI is InChI=1S/C26H25N3O5S/c1-32-22-14-8-18(16-23(22)33-2)9-15-24(30)27-26(35)29-28-25(31)20-10-12-21(13-11-20)34-17-19-6-4-3-5-7-19/h3-16H,17H2,1-2H3,(H,28,31)(H2,27,29,30,35)/b15-9+. The van der Waals surface area contributed by atoms with Crippen molar-refractivity contribution in [1.82, 2.24) is 16.2 Å². The monoisotopic (exact) mass is 491 g/mol. The molecule has 180 valence electrons. The lowest BCUT2D eigenvalue weighted by molar-refractivity contribution is -0.115. The predicted octanol–water partition coefficient (Wildman–Crippen LogP) is 3.63. The summed E-state index contributed by atoms with van der Waals surface area (Å²) in [5, 5.41) is 2.40. The van der Waals surface area contributed by atoms with Gasteiger partial charge in [0.15, 0.2) is 16.6 Å². The second-order valence-electron chi connectivity index (χ2n) is 7.14. The van der Waals surface area contributed by atoms with Crippen LogP contribution in [-0.2, 0) is 11.4 Å². The quantitative estimate of drug-likeness (QED) is 0.251. The molecule has 0 atom stereocenters. The summed E-state index contributed by atoms with van der Waals surface area (Å²) in [5.74, 6) is 0.890. The Labute approximate surface area is 208 Å². The molecular weight excluding hydrogens is 466 g/mol. The molecule has 0 aromatic heterocycles. The van der Waals surface area contributed by atoms with Crippen molar-refractivity contribution in [3.63, 3.8) is 0 Å². The summed E-state index contributed by atoms with van der Waals surface area (Å²) in [4.78, 5) is 24.4. The van der Waals surface area contributed by atoms with Crippen molar-refractivity contribution in [3.8, 4) is 17.2 Å². The molecule has 3 N–H and O–H groups in total. The van der Waals surface area contributed by atoms with Gasteiger partial charge in [-0.05, 0) is 65.8 Å². The van der Waals surface area contributed by atoms with Gasteiger partial charge in [-0.3, -0.25) is 25.8 Å². The molecule has 8 nitrogen and oxygen atoms in total. The van der Waals surface area contributed by atoms with Crippen LogP contribution >= 0.6 is 12.2 Å². The summed E-state index contributed by atoms with van der Waals surface area (Å²) in [5.41, 5.74) is 7.13. The van der Waals surface area contributed by atoms with E-state index in [-0.39, 0.29) is 5.11 Å². The van der Waals surface area contributed by atoms with E-state index in [1.165, 1.54) is 13.2 Å². The lowest BCUT2D eigenvalue weighted by Gasteiger charge is -2.11. The van der Waals surface area contributed by atoms with Gasteiger partial charge in [-0.25, -0.2) is 0 Å². The van der Waals surface area contributed by atoms with Gasteiger partial charge in [0.25, 0.3) is 5.91 Å². The maximum atomic E-state index is 12.3. The highest BCUT2D eigenvalue weighted by atomic mass is 32.1. The first kappa shape index (κ1) is 25.3. The largest absolute Gasteiger partial charge is 0.493 e. The Bertz CT molecular complexity index is 1200. The Morgan fingerprint density at radius 3 is 2.29 bits per heavy atom. The van der Waals surface area contributed by atoms with Gasteiger partial charge in [0.1, 0.15) is 12.4 Å². The number of nitrogens with one attached hydrogen (secondary N) is 3. The minimum absolute atomic E-state index is 0.0527. The fraction of sp³-hybridized carbons (Fsp3) is 0.115. The molecule has 0 aliphatic carbocycles. The molecule has 0 radical (unpaired) electrons. The number of carbonyl (C=O) groups excluding carboxylic acids is 2. The minimum atomic E-state index is -0.466. The van der Waals surface area contributed by atoms with Crippen molar-refractivity contribution < 1.29 is 23.8 Å². The van der Waals surface area contributed by atoms with E-state index in [2.05, 4.69) is 16.2 Å². The Hall–Kier alpha value is -4.37. The summed E-state index contributed by atoms with van der Waals surface area (Å²) >= 11 is 5.06. The zero-order valence-electron chi connectivity index (χ0n) is 19.2. The molecule has 3 aromatic rings. The third-order valence-electron chi connectivity index (χ3n) is 4.73. The van der Waals surface area contributed by atoms with Crippen LogP contribution in [0.15, 0.2) is 78.9 Å². The number of rotatable bonds is 8. The Kier molecular flexibility index (Phi) is 9.21. The third kappa shape index (κ3) is 7.86. The molecule has 3 aromatic carbocycles. The van der Waals surface area contributed by atoms with Gasteiger partial charge >= 0.3 is 0 Å². The maximum absolute atomic E-state index is 12.3. The summed E-state index contributed by atoms with van der Waals surface area (Å²) in [6.45, 7) is 0.433. The molecule has 0 aliphatic heterocycles. The fourth-order valence-electron chi connectivity index (χ4n) is 2.94. The van der Waals surface area contributed by atoms with Crippen LogP contribution in [0.5, 0.6) is 17.2 Å². The number of benzene rings is 3. The Morgan fingerprint density at radius 2 is 1.60 bits per heavy atom. The van der Waals surface area contributed by atoms with Gasteiger partial charge < -0.3 is 14.2 Å². The molecule has 0 bridgehead atoms. The van der Waals surface area contributed by atoms with Crippen LogP contribution in [0.25, 0.3) is 6.08 Å². The zero-order valence-corrected chi connectivity index (χ0v) is 20.1. The molecule has 0 saturated heterocycles. The highest BCUT2D eigenvalue weighted by Crippen LogP contribution is 2.27. The molecule has 0 saturated carbocycles. The molecule has 35 heavy (non-hydrogen) atoms. The molecule has 3 rings (SSSR count). The number of hydrogen-bond acceptors (Lipinski definition) is 6. The Morgan fingerprint density at radius 1 is 0.886 bits per heavy atom. The number of hydrogen-bond donors (Lipinski definition) is 3. The minimum Gasteiger partial charge on any atom is -0.493 e. The van der Waals surface area contributed by atoms with E-state index in [1.54, 1.807) is 55.7 Å². The van der Waals surface area contributed by atoms with Crippen LogP contribution in [0, 0.1) is 0 Å². The first-order valence-electron chi connectivity index (χ1n) is 10.6. The van der Waals surface area contributed by atoms with Crippen molar-refractivity contribution in [3.05, 3.63) is 95.6 Å². The van der Waals surface area contributed by atoms with E-state index < -0.39 is 11.8 Å². The van der Waals surface area contributed by atoms with Gasteiger partial charge in [-0.2, -0.15) is 0 Å². The lowest BCUT2D eigenvalue weighted by atomic mass is 10.2. The Balaban J connectivity index is 1.43. The summed E-state index contributed by atoms with van der Waals surface area (Å²) in [6.07, 6.45) is 2.91. The maximum Gasteiger partial charge on any atom is 0.269 e. The molecule has 0 heterocycles. The van der Waals surface area contributed by atoms with Crippen molar-refractivity contribution in [1.29, 1.82) is 0 Å². The van der Waals surface area contributed by atoms with E-state index >= 15 is 0 Å². The second kappa shape index (κ2) is 12.8. The van der Waals surface area contributed by atoms with Crippen LogP contribution < -0.4 is 30.4 Å². The van der Waals surface area contributed by atoms with Crippen molar-refractivity contribution in [2.75, 3.05) is 14.2 Å². The van der Waals surface area contributed by atoms with Crippen LogP contribution in [0.1, 0.15) is 21.5 Å². The highest BCUT2D eigenvalue weighted by Gasteiger charge is 2.08. The smallest absolute Gasteiger partial charge is 0.269 e. The number of thiocarbonyl (C=S) groups is 1. The summed E-state index contributed by atoms with van der Waals surface area (Å²) in [7, 11) is 3.08. The molecule has 0 spiro atoms. The summed E-state index contributed by atoms with van der Waals surface area (Å²) < 4.78 is 16.1. The lowest BCUT2D eigenvalue weighted by Crippen LogP contribution is -2.48. The van der Waals surface area contributed by atoms with Crippen LogP contribution in [0.3, 0.4) is 0 Å². The van der Waals surface area contributed by atoms with Gasteiger partial charge in [0.2, 0.25) is 5.91 Å². The van der Waals surface area contributed by atoms with Crippen molar-refractivity contribution in [2.24, 2.45) is 0 Å². The van der Waals surface area contributed by atoms with Gasteiger partial charge in [-0.15, -0.1) is 0 Å². The fourth-order valence-corrected chi connectivity index (χ4v) is 3.09. The third-order valence-corrected chi connectivity index (χ3v) is 4.93. The molecule has 9 heteroatoms. The number of carbonyl (C=O) groups is 2. The topological polar surface area (TPSA) is 97.9 Å². The average Bonchev–Trinajstić information content (AvgIpc) is 2.90. The van der Waals surface area contributed by atoms with E-state index in [1.807, 2.05) is 30.3 Å². The van der Waals surface area contributed by atoms with Crippen LogP contribution in [0.2, 0.25) is 0 Å². The highest BCUT2D eigenvalue weighted by molar-refractivity contribution is 7.80. The molecule has 2 amide bonds. The van der Waals surface area contributed by atoms with E-state index in [0.29, 0.717) is 29.4 Å². The zero-order chi connectivity index (χ0) is 25.0. The second-order valence-corrected chi connectivity index (χ2v) is 7.55. The van der Waals surface area contributed by atoms with Crippen LogP contribution in [0.4, 0.5) is 0 Å². The number of methoxy groups -OCH3 is 2. The number of amides is 2. The SMILES string of the molecule is COc1ccc(/C=C/C(=O)NC(=S)NNC(=O)c2ccc(OCc3ccccc3)cc2)cc1OC. The van der Waals surface area contributed by atoms with Gasteiger partial charge in [-0.1, -0.05) is 36.4 Å². The van der Waals surface area contributed by atoms with E-state index in [9.17, 15) is 9.59 Å².